The van der Waals surface area contributed by atoms with Gasteiger partial charge >= 0.3 is 0 Å². The molecule has 2 rings (SSSR count). The molecule has 0 aliphatic rings. The van der Waals surface area contributed by atoms with Crippen molar-refractivity contribution in [3.8, 4) is 0 Å². The van der Waals surface area contributed by atoms with E-state index in [4.69, 9.17) is 0 Å². The zero-order chi connectivity index (χ0) is 13.2. The van der Waals surface area contributed by atoms with Crippen LogP contribution in [0.25, 0.3) is 0 Å². The average molecular weight is 244 g/mol. The molecule has 94 valence electrons. The minimum absolute atomic E-state index is 0.339. The van der Waals surface area contributed by atoms with Crippen LogP contribution in [-0.2, 0) is 12.0 Å². The molecule has 0 radical (unpaired) electrons. The second-order valence-electron chi connectivity index (χ2n) is 4.92. The Bertz CT molecular complexity index is 546. The topological polar surface area (TPSA) is 20.2 Å². The number of halogens is 1. The molecule has 1 atom stereocenters. The van der Waals surface area contributed by atoms with Crippen LogP contribution in [0, 0.1) is 12.7 Å². The number of hydrogen-bond acceptors (Lipinski definition) is 1. The van der Waals surface area contributed by atoms with Crippen molar-refractivity contribution in [3.63, 3.8) is 0 Å². The van der Waals surface area contributed by atoms with E-state index in [9.17, 15) is 9.50 Å². The molecule has 18 heavy (non-hydrogen) atoms. The lowest BCUT2D eigenvalue weighted by molar-refractivity contribution is 0.0538. The fourth-order valence-electron chi connectivity index (χ4n) is 2.21. The third-order valence-corrected chi connectivity index (χ3v) is 3.08. The Morgan fingerprint density at radius 2 is 1.83 bits per heavy atom. The van der Waals surface area contributed by atoms with Gasteiger partial charge in [0.1, 0.15) is 5.82 Å². The molecule has 0 saturated carbocycles. The van der Waals surface area contributed by atoms with Crippen molar-refractivity contribution < 1.29 is 9.50 Å². The van der Waals surface area contributed by atoms with Gasteiger partial charge in [0.2, 0.25) is 0 Å². The molecule has 2 aromatic carbocycles. The Hall–Kier alpha value is -1.67. The third-order valence-electron chi connectivity index (χ3n) is 3.08. The molecule has 1 nitrogen and oxygen atoms in total. The summed E-state index contributed by atoms with van der Waals surface area (Å²) in [5.74, 6) is -0.366. The van der Waals surface area contributed by atoms with Crippen LogP contribution in [0.1, 0.15) is 23.6 Å². The SMILES string of the molecule is Cc1cccc(CC(C)(O)c2ccccc2F)c1. The molecule has 0 heterocycles. The Morgan fingerprint density at radius 3 is 2.50 bits per heavy atom. The van der Waals surface area contributed by atoms with Gasteiger partial charge in [-0.1, -0.05) is 48.0 Å². The molecule has 0 aliphatic heterocycles. The molecule has 2 heteroatoms. The van der Waals surface area contributed by atoms with Crippen molar-refractivity contribution in [2.24, 2.45) is 0 Å². The molecule has 0 spiro atoms. The molecule has 0 amide bonds. The minimum atomic E-state index is -1.20. The standard InChI is InChI=1S/C16H17FO/c1-12-6-5-7-13(10-12)11-16(2,18)14-8-3-4-9-15(14)17/h3-10,18H,11H2,1-2H3. The number of aryl methyl sites for hydroxylation is 1. The van der Waals surface area contributed by atoms with Crippen molar-refractivity contribution in [2.45, 2.75) is 25.9 Å². The van der Waals surface area contributed by atoms with Gasteiger partial charge < -0.3 is 5.11 Å². The fourth-order valence-corrected chi connectivity index (χ4v) is 2.21. The van der Waals surface area contributed by atoms with E-state index in [2.05, 4.69) is 0 Å². The fraction of sp³-hybridized carbons (Fsp3) is 0.250. The van der Waals surface area contributed by atoms with Crippen LogP contribution in [0.5, 0.6) is 0 Å². The summed E-state index contributed by atoms with van der Waals surface area (Å²) in [5.41, 5.74) is 1.28. The smallest absolute Gasteiger partial charge is 0.129 e. The molecule has 2 aromatic rings. The summed E-state index contributed by atoms with van der Waals surface area (Å²) in [6.07, 6.45) is 0.398. The third kappa shape index (κ3) is 2.77. The summed E-state index contributed by atoms with van der Waals surface area (Å²) >= 11 is 0. The molecule has 0 bridgehead atoms. The second-order valence-corrected chi connectivity index (χ2v) is 4.92. The first-order valence-electron chi connectivity index (χ1n) is 6.02. The largest absolute Gasteiger partial charge is 0.385 e. The number of aliphatic hydroxyl groups is 1. The normalized spacial score (nSPS) is 14.2. The molecule has 0 aliphatic carbocycles. The lowest BCUT2D eigenvalue weighted by Gasteiger charge is -2.24. The maximum atomic E-state index is 13.7. The van der Waals surface area contributed by atoms with Crippen LogP contribution in [0.4, 0.5) is 4.39 Å². The van der Waals surface area contributed by atoms with E-state index in [1.807, 2.05) is 31.2 Å². The van der Waals surface area contributed by atoms with Gasteiger partial charge in [-0.25, -0.2) is 4.39 Å². The summed E-state index contributed by atoms with van der Waals surface area (Å²) in [6, 6.07) is 14.3. The van der Waals surface area contributed by atoms with E-state index < -0.39 is 5.60 Å². The summed E-state index contributed by atoms with van der Waals surface area (Å²) in [7, 11) is 0. The minimum Gasteiger partial charge on any atom is -0.385 e. The zero-order valence-electron chi connectivity index (χ0n) is 10.7. The Kier molecular flexibility index (Phi) is 3.48. The van der Waals surface area contributed by atoms with Crippen molar-refractivity contribution in [1.29, 1.82) is 0 Å². The van der Waals surface area contributed by atoms with Crippen LogP contribution in [-0.4, -0.2) is 5.11 Å². The first-order valence-corrected chi connectivity index (χ1v) is 6.02. The molecule has 0 aromatic heterocycles. The average Bonchev–Trinajstić information content (AvgIpc) is 2.28. The van der Waals surface area contributed by atoms with E-state index >= 15 is 0 Å². The van der Waals surface area contributed by atoms with Crippen molar-refractivity contribution in [2.75, 3.05) is 0 Å². The molecule has 1 unspecified atom stereocenters. The van der Waals surface area contributed by atoms with Gasteiger partial charge in [-0.15, -0.1) is 0 Å². The van der Waals surface area contributed by atoms with E-state index in [1.54, 1.807) is 25.1 Å². The van der Waals surface area contributed by atoms with Gasteiger partial charge in [0.25, 0.3) is 0 Å². The lowest BCUT2D eigenvalue weighted by Crippen LogP contribution is -2.25. The van der Waals surface area contributed by atoms with Gasteiger partial charge in [-0.05, 0) is 25.5 Å². The van der Waals surface area contributed by atoms with Crippen molar-refractivity contribution in [3.05, 3.63) is 71.0 Å². The molecular formula is C16H17FO. The first-order chi connectivity index (χ1) is 8.49. The van der Waals surface area contributed by atoms with Gasteiger partial charge in [0.15, 0.2) is 0 Å². The number of hydrogen-bond donors (Lipinski definition) is 1. The van der Waals surface area contributed by atoms with Gasteiger partial charge in [-0.3, -0.25) is 0 Å². The maximum absolute atomic E-state index is 13.7. The predicted molar refractivity (Wildman–Crippen MR) is 70.9 cm³/mol. The van der Waals surface area contributed by atoms with Gasteiger partial charge in [0.05, 0.1) is 5.60 Å². The molecular weight excluding hydrogens is 227 g/mol. The van der Waals surface area contributed by atoms with Crippen LogP contribution in [0.15, 0.2) is 48.5 Å². The Balaban J connectivity index is 2.30. The zero-order valence-corrected chi connectivity index (χ0v) is 10.7. The highest BCUT2D eigenvalue weighted by atomic mass is 19.1. The summed E-state index contributed by atoms with van der Waals surface area (Å²) in [6.45, 7) is 3.65. The number of benzene rings is 2. The highest BCUT2D eigenvalue weighted by molar-refractivity contribution is 5.29. The van der Waals surface area contributed by atoms with E-state index in [-0.39, 0.29) is 5.82 Å². The highest BCUT2D eigenvalue weighted by Gasteiger charge is 2.26. The van der Waals surface area contributed by atoms with Gasteiger partial charge in [0, 0.05) is 12.0 Å². The monoisotopic (exact) mass is 244 g/mol. The summed E-state index contributed by atoms with van der Waals surface area (Å²) < 4.78 is 13.7. The van der Waals surface area contributed by atoms with E-state index in [0.717, 1.165) is 11.1 Å². The second kappa shape index (κ2) is 4.91. The quantitative estimate of drug-likeness (QED) is 0.875. The van der Waals surface area contributed by atoms with E-state index in [1.165, 1.54) is 6.07 Å². The lowest BCUT2D eigenvalue weighted by atomic mass is 9.88. The van der Waals surface area contributed by atoms with Crippen molar-refractivity contribution >= 4 is 0 Å². The Labute approximate surface area is 107 Å². The van der Waals surface area contributed by atoms with Crippen LogP contribution >= 0.6 is 0 Å². The highest BCUT2D eigenvalue weighted by Crippen LogP contribution is 2.27. The maximum Gasteiger partial charge on any atom is 0.129 e. The molecule has 0 saturated heterocycles. The first kappa shape index (κ1) is 12.8. The predicted octanol–water partition coefficient (Wildman–Crippen LogP) is 3.58. The molecule has 0 fully saturated rings. The van der Waals surface area contributed by atoms with Crippen LogP contribution < -0.4 is 0 Å². The molecule has 1 N–H and O–H groups in total. The van der Waals surface area contributed by atoms with Gasteiger partial charge in [-0.2, -0.15) is 0 Å². The van der Waals surface area contributed by atoms with Crippen molar-refractivity contribution in [1.82, 2.24) is 0 Å². The Morgan fingerprint density at radius 1 is 1.11 bits per heavy atom. The summed E-state index contributed by atoms with van der Waals surface area (Å²) in [4.78, 5) is 0. The van der Waals surface area contributed by atoms with Crippen LogP contribution in [0.2, 0.25) is 0 Å². The summed E-state index contributed by atoms with van der Waals surface area (Å²) in [5, 5.41) is 10.5. The van der Waals surface area contributed by atoms with Crippen LogP contribution in [0.3, 0.4) is 0 Å². The number of rotatable bonds is 3. The van der Waals surface area contributed by atoms with E-state index in [0.29, 0.717) is 12.0 Å².